The van der Waals surface area contributed by atoms with E-state index in [1.165, 1.54) is 5.56 Å². The fraction of sp³-hybridized carbons (Fsp3) is 0.357. The van der Waals surface area contributed by atoms with E-state index in [2.05, 4.69) is 34.3 Å². The Hall–Kier alpha value is -1.46. The standard InChI is InChI=1S/C14H19N3OS/c1-10(19-14-16-8-9-17-14)13(15-2)11-4-6-12(18-3)7-5-11/h4-10,13,15H,1-3H3,(H,16,17). The molecule has 0 aliphatic rings. The number of imidazole rings is 1. The van der Waals surface area contributed by atoms with Crippen molar-refractivity contribution in [2.75, 3.05) is 14.2 Å². The van der Waals surface area contributed by atoms with Gasteiger partial charge in [0.25, 0.3) is 0 Å². The Morgan fingerprint density at radius 1 is 1.32 bits per heavy atom. The summed E-state index contributed by atoms with van der Waals surface area (Å²) < 4.78 is 5.19. The first-order chi connectivity index (χ1) is 9.24. The van der Waals surface area contributed by atoms with Crippen molar-refractivity contribution in [3.8, 4) is 5.75 Å². The Kier molecular flexibility index (Phi) is 4.87. The molecule has 0 fully saturated rings. The molecule has 2 rings (SSSR count). The summed E-state index contributed by atoms with van der Waals surface area (Å²) in [5.41, 5.74) is 1.25. The zero-order valence-electron chi connectivity index (χ0n) is 11.4. The second-order valence-electron chi connectivity index (χ2n) is 4.26. The number of thioether (sulfide) groups is 1. The van der Waals surface area contributed by atoms with Crippen molar-refractivity contribution in [2.45, 2.75) is 23.4 Å². The van der Waals surface area contributed by atoms with E-state index in [0.717, 1.165) is 10.9 Å². The lowest BCUT2D eigenvalue weighted by molar-refractivity contribution is 0.414. The van der Waals surface area contributed by atoms with Gasteiger partial charge in [0, 0.05) is 23.7 Å². The number of H-pyrrole nitrogens is 1. The molecule has 102 valence electrons. The summed E-state index contributed by atoms with van der Waals surface area (Å²) in [6.45, 7) is 2.19. The maximum absolute atomic E-state index is 5.19. The van der Waals surface area contributed by atoms with Gasteiger partial charge in [0.15, 0.2) is 5.16 Å². The molecule has 2 atom stereocenters. The first-order valence-electron chi connectivity index (χ1n) is 6.22. The molecule has 1 aromatic carbocycles. The number of methoxy groups -OCH3 is 1. The molecule has 0 bridgehead atoms. The minimum absolute atomic E-state index is 0.265. The molecule has 4 nitrogen and oxygen atoms in total. The largest absolute Gasteiger partial charge is 0.497 e. The average Bonchev–Trinajstić information content (AvgIpc) is 2.93. The van der Waals surface area contributed by atoms with Crippen LogP contribution in [0.2, 0.25) is 0 Å². The van der Waals surface area contributed by atoms with Crippen molar-refractivity contribution in [3.05, 3.63) is 42.2 Å². The third-order valence-electron chi connectivity index (χ3n) is 3.03. The van der Waals surface area contributed by atoms with E-state index in [0.29, 0.717) is 5.25 Å². The van der Waals surface area contributed by atoms with E-state index in [1.807, 2.05) is 25.4 Å². The van der Waals surface area contributed by atoms with Crippen LogP contribution in [0.5, 0.6) is 5.75 Å². The normalized spacial score (nSPS) is 14.1. The lowest BCUT2D eigenvalue weighted by Gasteiger charge is -2.23. The van der Waals surface area contributed by atoms with Crippen LogP contribution in [0.15, 0.2) is 41.8 Å². The third-order valence-corrected chi connectivity index (χ3v) is 4.12. The van der Waals surface area contributed by atoms with E-state index in [9.17, 15) is 0 Å². The summed E-state index contributed by atoms with van der Waals surface area (Å²) in [4.78, 5) is 7.37. The van der Waals surface area contributed by atoms with Crippen LogP contribution in [0.3, 0.4) is 0 Å². The van der Waals surface area contributed by atoms with E-state index in [1.54, 1.807) is 25.1 Å². The number of benzene rings is 1. The number of aromatic amines is 1. The monoisotopic (exact) mass is 277 g/mol. The zero-order chi connectivity index (χ0) is 13.7. The van der Waals surface area contributed by atoms with Gasteiger partial charge in [-0.25, -0.2) is 4.98 Å². The SMILES string of the molecule is CNC(c1ccc(OC)cc1)C(C)Sc1ncc[nH]1. The molecule has 0 amide bonds. The highest BCUT2D eigenvalue weighted by Crippen LogP contribution is 2.30. The molecule has 5 heteroatoms. The van der Waals surface area contributed by atoms with Crippen LogP contribution in [0.1, 0.15) is 18.5 Å². The molecular formula is C14H19N3OS. The molecule has 1 heterocycles. The van der Waals surface area contributed by atoms with E-state index in [4.69, 9.17) is 4.74 Å². The first kappa shape index (κ1) is 14.0. The highest BCUT2D eigenvalue weighted by Gasteiger charge is 2.19. The van der Waals surface area contributed by atoms with Crippen molar-refractivity contribution < 1.29 is 4.74 Å². The van der Waals surface area contributed by atoms with E-state index in [-0.39, 0.29) is 6.04 Å². The highest BCUT2D eigenvalue weighted by molar-refractivity contribution is 7.99. The number of nitrogens with zero attached hydrogens (tertiary/aromatic N) is 1. The van der Waals surface area contributed by atoms with Gasteiger partial charge in [0.1, 0.15) is 5.75 Å². The van der Waals surface area contributed by atoms with Crippen LogP contribution in [-0.2, 0) is 0 Å². The van der Waals surface area contributed by atoms with Crippen LogP contribution < -0.4 is 10.1 Å². The van der Waals surface area contributed by atoms with Gasteiger partial charge in [-0.3, -0.25) is 0 Å². The molecule has 0 aliphatic carbocycles. The average molecular weight is 277 g/mol. The molecule has 19 heavy (non-hydrogen) atoms. The lowest BCUT2D eigenvalue weighted by Crippen LogP contribution is -2.25. The van der Waals surface area contributed by atoms with Crippen LogP contribution in [0, 0.1) is 0 Å². The number of hydrogen-bond acceptors (Lipinski definition) is 4. The predicted octanol–water partition coefficient (Wildman–Crippen LogP) is 2.86. The van der Waals surface area contributed by atoms with Crippen molar-refractivity contribution in [1.29, 1.82) is 0 Å². The molecule has 2 N–H and O–H groups in total. The van der Waals surface area contributed by atoms with Crippen molar-refractivity contribution in [2.24, 2.45) is 0 Å². The second kappa shape index (κ2) is 6.63. The lowest BCUT2D eigenvalue weighted by atomic mass is 10.0. The van der Waals surface area contributed by atoms with Gasteiger partial charge >= 0.3 is 0 Å². The molecule has 2 unspecified atom stereocenters. The first-order valence-corrected chi connectivity index (χ1v) is 7.10. The molecule has 0 saturated carbocycles. The van der Waals surface area contributed by atoms with Gasteiger partial charge in [0.05, 0.1) is 7.11 Å². The number of nitrogens with one attached hydrogen (secondary N) is 2. The summed E-state index contributed by atoms with van der Waals surface area (Å²) in [6.07, 6.45) is 3.62. The van der Waals surface area contributed by atoms with Gasteiger partial charge < -0.3 is 15.0 Å². The Bertz CT molecular complexity index is 484. The molecular weight excluding hydrogens is 258 g/mol. The molecule has 0 spiro atoms. The fourth-order valence-corrected chi connectivity index (χ4v) is 3.08. The molecule has 1 aromatic heterocycles. The number of ether oxygens (including phenoxy) is 1. The maximum Gasteiger partial charge on any atom is 0.165 e. The van der Waals surface area contributed by atoms with Crippen molar-refractivity contribution >= 4 is 11.8 Å². The van der Waals surface area contributed by atoms with Gasteiger partial charge in [-0.2, -0.15) is 0 Å². The predicted molar refractivity (Wildman–Crippen MR) is 78.7 cm³/mol. The molecule has 0 radical (unpaired) electrons. The van der Waals surface area contributed by atoms with Crippen molar-refractivity contribution in [1.82, 2.24) is 15.3 Å². The molecule has 2 aromatic rings. The minimum atomic E-state index is 0.265. The maximum atomic E-state index is 5.19. The summed E-state index contributed by atoms with van der Waals surface area (Å²) in [7, 11) is 3.66. The summed E-state index contributed by atoms with van der Waals surface area (Å²) >= 11 is 1.73. The Morgan fingerprint density at radius 2 is 2.05 bits per heavy atom. The fourth-order valence-electron chi connectivity index (χ4n) is 2.04. The number of rotatable bonds is 6. The van der Waals surface area contributed by atoms with Crippen LogP contribution in [0.4, 0.5) is 0 Å². The quantitative estimate of drug-likeness (QED) is 0.797. The summed E-state index contributed by atoms with van der Waals surface area (Å²) in [5, 5.41) is 4.68. The van der Waals surface area contributed by atoms with Crippen LogP contribution in [-0.4, -0.2) is 29.4 Å². The topological polar surface area (TPSA) is 49.9 Å². The Balaban J connectivity index is 2.09. The molecule has 0 saturated heterocycles. The van der Waals surface area contributed by atoms with E-state index < -0.39 is 0 Å². The second-order valence-corrected chi connectivity index (χ2v) is 5.62. The van der Waals surface area contributed by atoms with Crippen molar-refractivity contribution in [3.63, 3.8) is 0 Å². The molecule has 0 aliphatic heterocycles. The van der Waals surface area contributed by atoms with E-state index >= 15 is 0 Å². The van der Waals surface area contributed by atoms with Gasteiger partial charge in [0.2, 0.25) is 0 Å². The zero-order valence-corrected chi connectivity index (χ0v) is 12.2. The van der Waals surface area contributed by atoms with Gasteiger partial charge in [-0.15, -0.1) is 0 Å². The Morgan fingerprint density at radius 3 is 2.58 bits per heavy atom. The van der Waals surface area contributed by atoms with Gasteiger partial charge in [-0.05, 0) is 24.7 Å². The smallest absolute Gasteiger partial charge is 0.165 e. The Labute approximate surface area is 118 Å². The summed E-state index contributed by atoms with van der Waals surface area (Å²) in [5.74, 6) is 0.880. The van der Waals surface area contributed by atoms with Crippen LogP contribution in [0.25, 0.3) is 0 Å². The minimum Gasteiger partial charge on any atom is -0.497 e. The number of hydrogen-bond donors (Lipinski definition) is 2. The highest BCUT2D eigenvalue weighted by atomic mass is 32.2. The van der Waals surface area contributed by atoms with Gasteiger partial charge in [-0.1, -0.05) is 30.8 Å². The summed E-state index contributed by atoms with van der Waals surface area (Å²) in [6, 6.07) is 8.44. The third kappa shape index (κ3) is 3.52. The number of aromatic nitrogens is 2. The van der Waals surface area contributed by atoms with Crippen LogP contribution >= 0.6 is 11.8 Å².